The van der Waals surface area contributed by atoms with Crippen molar-refractivity contribution in [2.75, 3.05) is 47.3 Å². The minimum atomic E-state index is -1.63. The topological polar surface area (TPSA) is 268 Å². The standard InChI is InChI=1S/C59H109N11O10/c1-18-20-22-23-24-26-28-46(70(39-71)47-29-27-33-69(47)49(73)30-25-21-19-2)53(77)62-45(38-42(7)8)52(76)64-58(11,12)55(79)63-43(36-40(3)4)50(74)61-44(37-41(5)6)51(75)65-59(13,14)56(80)66-57(9,10)54(78)60-32-31-48(72)68(17)35-34-67(15)16/h39-47H,18-38H2,1-17H3,(H,60,78)(H,61,74)(H,62,77)(H,63,79)(H,64,76)(H,65,75)(H,66,80)/t43-,44-,45-,46-,47+/m0/s1. The second-order valence-electron chi connectivity index (χ2n) is 25.3. The van der Waals surface area contributed by atoms with E-state index in [-0.39, 0.29) is 61.8 Å². The molecule has 1 fully saturated rings. The molecular weight excluding hydrogens is 1020 g/mol. The van der Waals surface area contributed by atoms with Crippen LogP contribution in [0.1, 0.15) is 206 Å². The summed E-state index contributed by atoms with van der Waals surface area (Å²) in [6.45, 7) is 26.2. The van der Waals surface area contributed by atoms with Gasteiger partial charge in [-0.2, -0.15) is 0 Å². The van der Waals surface area contributed by atoms with Gasteiger partial charge in [0.1, 0.15) is 46.9 Å². The molecule has 21 heteroatoms. The molecule has 1 heterocycles. The van der Waals surface area contributed by atoms with E-state index < -0.39 is 88.3 Å². The summed E-state index contributed by atoms with van der Waals surface area (Å²) in [7, 11) is 5.51. The normalized spacial score (nSPS) is 15.4. The van der Waals surface area contributed by atoms with Gasteiger partial charge in [-0.15, -0.1) is 0 Å². The molecule has 0 radical (unpaired) electrons. The van der Waals surface area contributed by atoms with Gasteiger partial charge in [0.25, 0.3) is 0 Å². The summed E-state index contributed by atoms with van der Waals surface area (Å²) in [5.74, 6) is -4.91. The first kappa shape index (κ1) is 72.7. The van der Waals surface area contributed by atoms with Gasteiger partial charge >= 0.3 is 0 Å². The van der Waals surface area contributed by atoms with Gasteiger partial charge in [0, 0.05) is 46.1 Å². The lowest BCUT2D eigenvalue weighted by atomic mass is 9.96. The maximum absolute atomic E-state index is 14.6. The first-order valence-corrected chi connectivity index (χ1v) is 29.8. The Hall–Kier alpha value is -5.34. The molecule has 0 saturated carbocycles. The number of nitrogens with zero attached hydrogens (tertiary/aromatic N) is 4. The molecule has 1 aliphatic rings. The molecule has 10 amide bonds. The summed E-state index contributed by atoms with van der Waals surface area (Å²) >= 11 is 0. The number of hydrogen-bond donors (Lipinski definition) is 7. The van der Waals surface area contributed by atoms with Crippen molar-refractivity contribution in [3.63, 3.8) is 0 Å². The third-order valence-corrected chi connectivity index (χ3v) is 14.4. The van der Waals surface area contributed by atoms with E-state index in [4.69, 9.17) is 0 Å². The molecule has 0 spiro atoms. The van der Waals surface area contributed by atoms with Crippen molar-refractivity contribution in [3.05, 3.63) is 0 Å². The highest BCUT2D eigenvalue weighted by molar-refractivity contribution is 5.99. The maximum atomic E-state index is 14.6. The predicted octanol–water partition coefficient (Wildman–Crippen LogP) is 4.90. The van der Waals surface area contributed by atoms with Gasteiger partial charge in [0.05, 0.1) is 0 Å². The number of amides is 10. The molecule has 1 rings (SSSR count). The van der Waals surface area contributed by atoms with E-state index >= 15 is 0 Å². The fraction of sp³-hybridized carbons (Fsp3) is 0.831. The van der Waals surface area contributed by atoms with Crippen molar-refractivity contribution < 1.29 is 47.9 Å². The van der Waals surface area contributed by atoms with E-state index in [1.54, 1.807) is 16.8 Å². The Kier molecular flexibility index (Phi) is 32.3. The van der Waals surface area contributed by atoms with Crippen molar-refractivity contribution in [1.82, 2.24) is 56.8 Å². The van der Waals surface area contributed by atoms with Crippen LogP contribution in [0.15, 0.2) is 0 Å². The molecule has 0 unspecified atom stereocenters. The fourth-order valence-corrected chi connectivity index (χ4v) is 9.46. The maximum Gasteiger partial charge on any atom is 0.246 e. The van der Waals surface area contributed by atoms with Crippen molar-refractivity contribution in [2.24, 2.45) is 17.8 Å². The van der Waals surface area contributed by atoms with Crippen molar-refractivity contribution in [2.45, 2.75) is 253 Å². The quantitative estimate of drug-likeness (QED) is 0.0322. The zero-order valence-electron chi connectivity index (χ0n) is 52.4. The molecule has 0 aromatic carbocycles. The molecular formula is C59H109N11O10. The molecule has 21 nitrogen and oxygen atoms in total. The Morgan fingerprint density at radius 1 is 0.562 bits per heavy atom. The van der Waals surface area contributed by atoms with Crippen molar-refractivity contribution in [3.8, 4) is 0 Å². The number of rotatable bonds is 39. The molecule has 0 aliphatic carbocycles. The molecule has 1 saturated heterocycles. The van der Waals surface area contributed by atoms with Gasteiger partial charge in [-0.25, -0.2) is 0 Å². The molecule has 460 valence electrons. The van der Waals surface area contributed by atoms with Crippen LogP contribution in [-0.4, -0.2) is 173 Å². The van der Waals surface area contributed by atoms with Gasteiger partial charge in [0.15, 0.2) is 0 Å². The molecule has 0 aromatic rings. The largest absolute Gasteiger partial charge is 0.354 e. The first-order chi connectivity index (χ1) is 37.2. The van der Waals surface area contributed by atoms with Crippen LogP contribution in [0.3, 0.4) is 0 Å². The second-order valence-corrected chi connectivity index (χ2v) is 25.3. The monoisotopic (exact) mass is 1130 g/mol. The zero-order valence-corrected chi connectivity index (χ0v) is 52.4. The van der Waals surface area contributed by atoms with Crippen molar-refractivity contribution >= 4 is 59.6 Å². The second kappa shape index (κ2) is 35.5. The summed E-state index contributed by atoms with van der Waals surface area (Å²) < 4.78 is 0. The van der Waals surface area contributed by atoms with Crippen LogP contribution in [0.2, 0.25) is 0 Å². The van der Waals surface area contributed by atoms with Gasteiger partial charge in [-0.3, -0.25) is 47.9 Å². The molecule has 0 aromatic heterocycles. The van der Waals surface area contributed by atoms with Crippen LogP contribution in [0.5, 0.6) is 0 Å². The van der Waals surface area contributed by atoms with Crippen LogP contribution in [-0.2, 0) is 47.9 Å². The predicted molar refractivity (Wildman–Crippen MR) is 313 cm³/mol. The first-order valence-electron chi connectivity index (χ1n) is 29.8. The van der Waals surface area contributed by atoms with Crippen molar-refractivity contribution in [1.29, 1.82) is 0 Å². The average molecular weight is 1130 g/mol. The minimum Gasteiger partial charge on any atom is -0.354 e. The Labute approximate surface area is 480 Å². The smallest absolute Gasteiger partial charge is 0.246 e. The third kappa shape index (κ3) is 26.1. The molecule has 0 bridgehead atoms. The Morgan fingerprint density at radius 2 is 1.04 bits per heavy atom. The Morgan fingerprint density at radius 3 is 1.55 bits per heavy atom. The fourth-order valence-electron chi connectivity index (χ4n) is 9.46. The van der Waals surface area contributed by atoms with E-state index in [2.05, 4.69) is 51.1 Å². The van der Waals surface area contributed by atoms with Crippen LogP contribution < -0.4 is 37.2 Å². The molecule has 7 N–H and O–H groups in total. The van der Waals surface area contributed by atoms with E-state index in [0.29, 0.717) is 58.1 Å². The number of likely N-dealkylation sites (N-methyl/N-ethyl adjacent to an activating group) is 2. The average Bonchev–Trinajstić information content (AvgIpc) is 3.84. The number of hydrogen-bond acceptors (Lipinski definition) is 11. The minimum absolute atomic E-state index is 0.0492. The number of likely N-dealkylation sites (tertiary alicyclic amines) is 1. The lowest BCUT2D eigenvalue weighted by Gasteiger charge is -2.38. The number of carbonyl (C=O) groups is 10. The van der Waals surface area contributed by atoms with Gasteiger partial charge in [0.2, 0.25) is 59.6 Å². The number of carbonyl (C=O) groups excluding carboxylic acids is 10. The van der Waals surface area contributed by atoms with E-state index in [1.807, 2.05) is 60.5 Å². The zero-order chi connectivity index (χ0) is 61.1. The van der Waals surface area contributed by atoms with E-state index in [9.17, 15) is 47.9 Å². The van der Waals surface area contributed by atoms with Crippen LogP contribution in [0.4, 0.5) is 0 Å². The Bertz CT molecular complexity index is 2010. The van der Waals surface area contributed by atoms with Crippen LogP contribution in [0, 0.1) is 17.8 Å². The highest BCUT2D eigenvalue weighted by Gasteiger charge is 2.42. The van der Waals surface area contributed by atoms with E-state index in [1.165, 1.54) is 46.4 Å². The van der Waals surface area contributed by atoms with Gasteiger partial charge < -0.3 is 56.8 Å². The highest BCUT2D eigenvalue weighted by Crippen LogP contribution is 2.26. The van der Waals surface area contributed by atoms with Crippen LogP contribution >= 0.6 is 0 Å². The molecule has 1 aliphatic heterocycles. The summed E-state index contributed by atoms with van der Waals surface area (Å²) in [5.41, 5.74) is -4.64. The van der Waals surface area contributed by atoms with Gasteiger partial charge in [-0.1, -0.05) is 107 Å². The Balaban J connectivity index is 3.31. The highest BCUT2D eigenvalue weighted by atomic mass is 16.2. The summed E-state index contributed by atoms with van der Waals surface area (Å²) in [5, 5.41) is 19.5. The van der Waals surface area contributed by atoms with Gasteiger partial charge in [-0.05, 0) is 118 Å². The summed E-state index contributed by atoms with van der Waals surface area (Å²) in [6.07, 6.45) is 10.9. The van der Waals surface area contributed by atoms with E-state index in [0.717, 1.165) is 51.4 Å². The summed E-state index contributed by atoms with van der Waals surface area (Å²) in [6, 6.07) is -4.39. The molecule has 5 atom stereocenters. The van der Waals surface area contributed by atoms with Crippen LogP contribution in [0.25, 0.3) is 0 Å². The SMILES string of the molecule is CCCCCCCC[C@@H](C(=O)N[C@@H](CC(C)C)C(=O)NC(C)(C)C(=O)N[C@@H](CC(C)C)C(=O)N[C@@H](CC(C)C)C(=O)NC(C)(C)C(=O)NC(C)(C)C(=O)NCCC(=O)N(C)CCN(C)C)N(C=O)[C@@H]1CCCN1C(=O)CCCCC. The third-order valence-electron chi connectivity index (χ3n) is 14.4. The number of unbranched alkanes of at least 4 members (excludes halogenated alkanes) is 7. The number of nitrogens with one attached hydrogen (secondary N) is 7. The summed E-state index contributed by atoms with van der Waals surface area (Å²) in [4.78, 5) is 144. The lowest BCUT2D eigenvalue weighted by Crippen LogP contribution is -2.65. The molecule has 80 heavy (non-hydrogen) atoms. The lowest BCUT2D eigenvalue weighted by molar-refractivity contribution is -0.146.